The van der Waals surface area contributed by atoms with E-state index in [0.717, 1.165) is 27.0 Å². The van der Waals surface area contributed by atoms with Gasteiger partial charge in [0.25, 0.3) is 0 Å². The van der Waals surface area contributed by atoms with Crippen molar-refractivity contribution in [2.75, 3.05) is 5.73 Å². The molecule has 0 radical (unpaired) electrons. The molecule has 0 bridgehead atoms. The van der Waals surface area contributed by atoms with Crippen LogP contribution in [0.2, 0.25) is 0 Å². The largest absolute Gasteiger partial charge is 0.396 e. The molecule has 100 valence electrons. The molecule has 0 unspecified atom stereocenters. The zero-order chi connectivity index (χ0) is 14.1. The number of nitrogens with two attached hydrogens (primary N) is 1. The minimum Gasteiger partial charge on any atom is -0.396 e. The molecule has 0 aliphatic carbocycles. The number of halogens is 1. The summed E-state index contributed by atoms with van der Waals surface area (Å²) < 4.78 is 2.85. The lowest BCUT2D eigenvalue weighted by Gasteiger charge is -2.04. The number of hydrogen-bond donors (Lipinski definition) is 1. The highest BCUT2D eigenvalue weighted by molar-refractivity contribution is 9.10. The first kappa shape index (κ1) is 12.9. The van der Waals surface area contributed by atoms with Crippen LogP contribution in [-0.2, 0) is 0 Å². The van der Waals surface area contributed by atoms with E-state index in [0.29, 0.717) is 5.69 Å². The topological polar surface area (TPSA) is 43.8 Å². The Morgan fingerprint density at radius 2 is 1.90 bits per heavy atom. The lowest BCUT2D eigenvalue weighted by Crippen LogP contribution is -1.97. The first-order valence-corrected chi connectivity index (χ1v) is 7.11. The molecule has 0 spiro atoms. The molecule has 4 heteroatoms. The first-order chi connectivity index (χ1) is 9.65. The zero-order valence-corrected chi connectivity index (χ0v) is 12.6. The minimum absolute atomic E-state index is 0.673. The van der Waals surface area contributed by atoms with E-state index in [-0.39, 0.29) is 0 Å². The molecule has 0 aliphatic heterocycles. The predicted octanol–water partition coefficient (Wildman–Crippen LogP) is 4.19. The van der Waals surface area contributed by atoms with Crippen LogP contribution >= 0.6 is 15.9 Å². The van der Waals surface area contributed by atoms with Gasteiger partial charge in [0, 0.05) is 10.0 Å². The molecular formula is C16H14BrN3. The monoisotopic (exact) mass is 327 g/mol. The lowest BCUT2D eigenvalue weighted by atomic mass is 10.1. The van der Waals surface area contributed by atoms with Crippen molar-refractivity contribution in [3.8, 4) is 16.9 Å². The van der Waals surface area contributed by atoms with Crippen molar-refractivity contribution in [3.05, 3.63) is 64.8 Å². The molecule has 0 fully saturated rings. The normalized spacial score (nSPS) is 10.7. The third kappa shape index (κ3) is 2.34. The van der Waals surface area contributed by atoms with Gasteiger partial charge in [0.15, 0.2) is 0 Å². The highest BCUT2D eigenvalue weighted by Gasteiger charge is 2.10. The van der Waals surface area contributed by atoms with Crippen molar-refractivity contribution in [1.82, 2.24) is 9.78 Å². The van der Waals surface area contributed by atoms with Crippen LogP contribution in [0, 0.1) is 6.92 Å². The van der Waals surface area contributed by atoms with Gasteiger partial charge < -0.3 is 5.73 Å². The quantitative estimate of drug-likeness (QED) is 0.766. The van der Waals surface area contributed by atoms with Crippen LogP contribution in [0.15, 0.2) is 59.2 Å². The van der Waals surface area contributed by atoms with Gasteiger partial charge in [-0.2, -0.15) is 5.10 Å². The maximum Gasteiger partial charge on any atom is 0.116 e. The molecule has 20 heavy (non-hydrogen) atoms. The van der Waals surface area contributed by atoms with Gasteiger partial charge in [-0.3, -0.25) is 0 Å². The number of nitrogens with zero attached hydrogens (tertiary/aromatic N) is 2. The number of nitrogen functional groups attached to an aromatic ring is 1. The molecule has 0 aliphatic rings. The first-order valence-electron chi connectivity index (χ1n) is 6.32. The van der Waals surface area contributed by atoms with E-state index in [9.17, 15) is 0 Å². The van der Waals surface area contributed by atoms with Gasteiger partial charge in [0.1, 0.15) is 5.69 Å². The smallest absolute Gasteiger partial charge is 0.116 e. The second kappa shape index (κ2) is 5.13. The summed E-state index contributed by atoms with van der Waals surface area (Å²) in [7, 11) is 0. The second-order valence-corrected chi connectivity index (χ2v) is 5.59. The van der Waals surface area contributed by atoms with E-state index in [1.165, 1.54) is 0 Å². The fourth-order valence-corrected chi connectivity index (χ4v) is 2.59. The van der Waals surface area contributed by atoms with Crippen molar-refractivity contribution in [2.45, 2.75) is 6.92 Å². The number of aromatic nitrogens is 2. The lowest BCUT2D eigenvalue weighted by molar-refractivity contribution is 0.876. The Balaban J connectivity index is 2.10. The summed E-state index contributed by atoms with van der Waals surface area (Å²) in [5.41, 5.74) is 10.8. The van der Waals surface area contributed by atoms with Crippen molar-refractivity contribution in [2.24, 2.45) is 0 Å². The van der Waals surface area contributed by atoms with Crippen molar-refractivity contribution in [3.63, 3.8) is 0 Å². The Bertz CT molecular complexity index is 762. The number of benzene rings is 2. The maximum absolute atomic E-state index is 6.11. The molecule has 3 rings (SSSR count). The molecule has 1 heterocycles. The van der Waals surface area contributed by atoms with Crippen LogP contribution in [0.1, 0.15) is 5.56 Å². The number of para-hydroxylation sites is 1. The van der Waals surface area contributed by atoms with E-state index in [4.69, 9.17) is 5.73 Å². The van der Waals surface area contributed by atoms with E-state index in [1.807, 2.05) is 53.3 Å². The average Bonchev–Trinajstić information content (AvgIpc) is 2.81. The Labute approximate surface area is 126 Å². The average molecular weight is 328 g/mol. The van der Waals surface area contributed by atoms with Gasteiger partial charge >= 0.3 is 0 Å². The van der Waals surface area contributed by atoms with Gasteiger partial charge in [0.2, 0.25) is 0 Å². The van der Waals surface area contributed by atoms with E-state index in [2.05, 4.69) is 34.0 Å². The highest BCUT2D eigenvalue weighted by Crippen LogP contribution is 2.28. The summed E-state index contributed by atoms with van der Waals surface area (Å²) in [6.45, 7) is 2.06. The SMILES string of the molecule is Cc1ccccc1-n1cc(N)c(-c2cccc(Br)c2)n1. The van der Waals surface area contributed by atoms with Crippen molar-refractivity contribution >= 4 is 21.6 Å². The molecular weight excluding hydrogens is 314 g/mol. The fraction of sp³-hybridized carbons (Fsp3) is 0.0625. The van der Waals surface area contributed by atoms with E-state index >= 15 is 0 Å². The third-order valence-electron chi connectivity index (χ3n) is 3.20. The molecule has 2 N–H and O–H groups in total. The summed E-state index contributed by atoms with van der Waals surface area (Å²) in [6, 6.07) is 16.1. The van der Waals surface area contributed by atoms with Gasteiger partial charge in [-0.15, -0.1) is 0 Å². The molecule has 0 saturated carbocycles. The van der Waals surface area contributed by atoms with E-state index < -0.39 is 0 Å². The van der Waals surface area contributed by atoms with Crippen LogP contribution in [0.5, 0.6) is 0 Å². The Morgan fingerprint density at radius 3 is 2.65 bits per heavy atom. The summed E-state index contributed by atoms with van der Waals surface area (Å²) in [6.07, 6.45) is 1.86. The standard InChI is InChI=1S/C16H14BrN3/c1-11-5-2-3-8-15(11)20-10-14(18)16(19-20)12-6-4-7-13(17)9-12/h2-10H,18H2,1H3. The Hall–Kier alpha value is -2.07. The Kier molecular flexibility index (Phi) is 3.32. The molecule has 0 amide bonds. The van der Waals surface area contributed by atoms with Gasteiger partial charge in [-0.1, -0.05) is 46.3 Å². The zero-order valence-electron chi connectivity index (χ0n) is 11.0. The second-order valence-electron chi connectivity index (χ2n) is 4.67. The van der Waals surface area contributed by atoms with Crippen molar-refractivity contribution < 1.29 is 0 Å². The van der Waals surface area contributed by atoms with Crippen molar-refractivity contribution in [1.29, 1.82) is 0 Å². The maximum atomic E-state index is 6.11. The molecule has 2 aromatic carbocycles. The summed E-state index contributed by atoms with van der Waals surface area (Å²) in [4.78, 5) is 0. The number of rotatable bonds is 2. The molecule has 1 aromatic heterocycles. The molecule has 0 atom stereocenters. The Morgan fingerprint density at radius 1 is 1.10 bits per heavy atom. The number of aryl methyl sites for hydroxylation is 1. The number of anilines is 1. The molecule has 3 nitrogen and oxygen atoms in total. The summed E-state index contributed by atoms with van der Waals surface area (Å²) >= 11 is 3.47. The summed E-state index contributed by atoms with van der Waals surface area (Å²) in [5, 5.41) is 4.62. The van der Waals surface area contributed by atoms with E-state index in [1.54, 1.807) is 0 Å². The highest BCUT2D eigenvalue weighted by atomic mass is 79.9. The fourth-order valence-electron chi connectivity index (χ4n) is 2.19. The van der Waals surface area contributed by atoms with Crippen LogP contribution in [-0.4, -0.2) is 9.78 Å². The van der Waals surface area contributed by atoms with Crippen LogP contribution in [0.25, 0.3) is 16.9 Å². The predicted molar refractivity (Wildman–Crippen MR) is 85.8 cm³/mol. The van der Waals surface area contributed by atoms with Crippen LogP contribution < -0.4 is 5.73 Å². The molecule has 3 aromatic rings. The van der Waals surface area contributed by atoms with Gasteiger partial charge in [0.05, 0.1) is 17.6 Å². The molecule has 0 saturated heterocycles. The van der Waals surface area contributed by atoms with Gasteiger partial charge in [-0.25, -0.2) is 4.68 Å². The van der Waals surface area contributed by atoms with Gasteiger partial charge in [-0.05, 0) is 30.7 Å². The minimum atomic E-state index is 0.673. The van der Waals surface area contributed by atoms with Crippen LogP contribution in [0.4, 0.5) is 5.69 Å². The number of hydrogen-bond acceptors (Lipinski definition) is 2. The van der Waals surface area contributed by atoms with Crippen LogP contribution in [0.3, 0.4) is 0 Å². The summed E-state index contributed by atoms with van der Waals surface area (Å²) in [5.74, 6) is 0. The third-order valence-corrected chi connectivity index (χ3v) is 3.70.